The summed E-state index contributed by atoms with van der Waals surface area (Å²) in [4.78, 5) is 11.7. The zero-order valence-electron chi connectivity index (χ0n) is 9.40. The highest BCUT2D eigenvalue weighted by molar-refractivity contribution is 7.19. The van der Waals surface area contributed by atoms with Crippen LogP contribution in [-0.2, 0) is 16.0 Å². The molecule has 0 aliphatic heterocycles. The van der Waals surface area contributed by atoms with Crippen LogP contribution in [0.1, 0.15) is 16.9 Å². The number of methoxy groups -OCH3 is 1. The lowest BCUT2D eigenvalue weighted by molar-refractivity contribution is -0.140. The average Bonchev–Trinajstić information content (AvgIpc) is 2.77. The van der Waals surface area contributed by atoms with Crippen LogP contribution in [0.25, 0.3) is 10.1 Å². The average molecular weight is 245 g/mol. The fraction of sp³-hybridized carbons (Fsp3) is 0.231. The van der Waals surface area contributed by atoms with Crippen molar-refractivity contribution in [1.82, 2.24) is 0 Å². The van der Waals surface area contributed by atoms with Crippen molar-refractivity contribution in [2.75, 3.05) is 7.11 Å². The summed E-state index contributed by atoms with van der Waals surface area (Å²) < 4.78 is 5.70. The van der Waals surface area contributed by atoms with Gasteiger partial charge in [0.25, 0.3) is 0 Å². The number of nitrogens with zero attached hydrogens (tertiary/aromatic N) is 1. The highest BCUT2D eigenvalue weighted by Gasteiger charge is 2.04. The first-order chi connectivity index (χ1) is 8.22. The molecule has 1 aromatic carbocycles. The molecule has 17 heavy (non-hydrogen) atoms. The fourth-order valence-electron chi connectivity index (χ4n) is 1.65. The van der Waals surface area contributed by atoms with Gasteiger partial charge < -0.3 is 4.74 Å². The van der Waals surface area contributed by atoms with Gasteiger partial charge in [-0.15, -0.1) is 11.3 Å². The molecule has 0 spiro atoms. The van der Waals surface area contributed by atoms with Gasteiger partial charge in [-0.25, -0.2) is 0 Å². The molecule has 1 aromatic heterocycles. The predicted molar refractivity (Wildman–Crippen MR) is 66.9 cm³/mol. The van der Waals surface area contributed by atoms with Gasteiger partial charge in [0.05, 0.1) is 7.11 Å². The molecule has 0 N–H and O–H groups in total. The third-order valence-electron chi connectivity index (χ3n) is 2.54. The molecule has 1 heterocycles. The molecule has 0 aliphatic carbocycles. The summed E-state index contributed by atoms with van der Waals surface area (Å²) in [6, 6.07) is 10.0. The minimum Gasteiger partial charge on any atom is -0.469 e. The monoisotopic (exact) mass is 245 g/mol. The molecular formula is C13H11NO2S. The van der Waals surface area contributed by atoms with Gasteiger partial charge >= 0.3 is 5.97 Å². The molecule has 0 saturated carbocycles. The Morgan fingerprint density at radius 3 is 3.00 bits per heavy atom. The minimum absolute atomic E-state index is 0.201. The van der Waals surface area contributed by atoms with E-state index in [-0.39, 0.29) is 5.97 Å². The Labute approximate surface area is 103 Å². The summed E-state index contributed by atoms with van der Waals surface area (Å²) in [6.45, 7) is 0. The van der Waals surface area contributed by atoms with E-state index in [1.165, 1.54) is 18.4 Å². The van der Waals surface area contributed by atoms with Crippen LogP contribution >= 0.6 is 11.3 Å². The zero-order valence-corrected chi connectivity index (χ0v) is 10.2. The van der Waals surface area contributed by atoms with Crippen molar-refractivity contribution >= 4 is 27.4 Å². The van der Waals surface area contributed by atoms with E-state index in [9.17, 15) is 4.79 Å². The molecule has 0 bridgehead atoms. The summed E-state index contributed by atoms with van der Waals surface area (Å²) in [5, 5.41) is 9.88. The Balaban J connectivity index is 2.20. The van der Waals surface area contributed by atoms with Crippen molar-refractivity contribution in [3.8, 4) is 6.07 Å². The Kier molecular flexibility index (Phi) is 3.40. The molecule has 0 saturated heterocycles. The third-order valence-corrected chi connectivity index (χ3v) is 3.56. The number of nitriles is 1. The molecule has 0 radical (unpaired) electrons. The lowest BCUT2D eigenvalue weighted by atomic mass is 10.1. The first-order valence-electron chi connectivity index (χ1n) is 5.22. The second-order valence-electron chi connectivity index (χ2n) is 3.67. The van der Waals surface area contributed by atoms with E-state index in [4.69, 9.17) is 5.26 Å². The van der Waals surface area contributed by atoms with Gasteiger partial charge in [0.15, 0.2) is 0 Å². The number of benzene rings is 1. The SMILES string of the molecule is COC(=O)CCc1ccc2sc(C#N)cc2c1. The number of aryl methyl sites for hydroxylation is 1. The lowest BCUT2D eigenvalue weighted by Crippen LogP contribution is -2.01. The van der Waals surface area contributed by atoms with Crippen LogP contribution < -0.4 is 0 Å². The van der Waals surface area contributed by atoms with Crippen LogP contribution in [0.5, 0.6) is 0 Å². The van der Waals surface area contributed by atoms with E-state index >= 15 is 0 Å². The molecule has 4 heteroatoms. The highest BCUT2D eigenvalue weighted by Crippen LogP contribution is 2.26. The van der Waals surface area contributed by atoms with E-state index in [0.29, 0.717) is 17.7 Å². The van der Waals surface area contributed by atoms with Crippen LogP contribution in [0.4, 0.5) is 0 Å². The van der Waals surface area contributed by atoms with Crippen LogP contribution in [0, 0.1) is 11.3 Å². The van der Waals surface area contributed by atoms with Crippen LogP contribution in [0.2, 0.25) is 0 Å². The van der Waals surface area contributed by atoms with Crippen LogP contribution in [0.3, 0.4) is 0 Å². The van der Waals surface area contributed by atoms with E-state index in [2.05, 4.69) is 10.8 Å². The van der Waals surface area contributed by atoms with E-state index < -0.39 is 0 Å². The molecule has 0 unspecified atom stereocenters. The third kappa shape index (κ3) is 2.63. The number of ether oxygens (including phenoxy) is 1. The number of esters is 1. The normalized spacial score (nSPS) is 10.1. The van der Waals surface area contributed by atoms with Crippen molar-refractivity contribution in [2.24, 2.45) is 0 Å². The van der Waals surface area contributed by atoms with Gasteiger partial charge in [-0.1, -0.05) is 12.1 Å². The molecule has 2 rings (SSSR count). The first-order valence-corrected chi connectivity index (χ1v) is 6.04. The molecule has 0 amide bonds. The standard InChI is InChI=1S/C13H11NO2S/c1-16-13(15)5-3-9-2-4-12-10(6-9)7-11(8-14)17-12/h2,4,6-7H,3,5H2,1H3. The van der Waals surface area contributed by atoms with Crippen LogP contribution in [0.15, 0.2) is 24.3 Å². The van der Waals surface area contributed by atoms with Gasteiger partial charge in [0.1, 0.15) is 10.9 Å². The van der Waals surface area contributed by atoms with Crippen molar-refractivity contribution in [3.05, 3.63) is 34.7 Å². The Morgan fingerprint density at radius 2 is 2.29 bits per heavy atom. The minimum atomic E-state index is -0.201. The Hall–Kier alpha value is -1.86. The summed E-state index contributed by atoms with van der Waals surface area (Å²) in [6.07, 6.45) is 1.05. The predicted octanol–water partition coefficient (Wildman–Crippen LogP) is 2.88. The molecule has 0 atom stereocenters. The number of carbonyl (C=O) groups excluding carboxylic acids is 1. The maximum absolute atomic E-state index is 11.0. The Bertz CT molecular complexity index is 595. The summed E-state index contributed by atoms with van der Waals surface area (Å²) >= 11 is 1.48. The molecule has 0 fully saturated rings. The first kappa shape index (κ1) is 11.6. The van der Waals surface area contributed by atoms with E-state index in [0.717, 1.165) is 15.6 Å². The number of fused-ring (bicyclic) bond motifs is 1. The largest absolute Gasteiger partial charge is 0.469 e. The topological polar surface area (TPSA) is 50.1 Å². The molecule has 3 nitrogen and oxygen atoms in total. The molecule has 0 aliphatic rings. The quantitative estimate of drug-likeness (QED) is 0.781. The summed E-state index contributed by atoms with van der Waals surface area (Å²) in [5.74, 6) is -0.201. The van der Waals surface area contributed by atoms with Gasteiger partial charge in [-0.2, -0.15) is 5.26 Å². The number of hydrogen-bond donors (Lipinski definition) is 0. The van der Waals surface area contributed by atoms with Crippen LogP contribution in [-0.4, -0.2) is 13.1 Å². The van der Waals surface area contributed by atoms with Crippen molar-refractivity contribution < 1.29 is 9.53 Å². The smallest absolute Gasteiger partial charge is 0.305 e. The zero-order chi connectivity index (χ0) is 12.3. The number of carbonyl (C=O) groups is 1. The van der Waals surface area contributed by atoms with Crippen molar-refractivity contribution in [2.45, 2.75) is 12.8 Å². The fourth-order valence-corrected chi connectivity index (χ4v) is 2.49. The second-order valence-corrected chi connectivity index (χ2v) is 4.75. The summed E-state index contributed by atoms with van der Waals surface area (Å²) in [5.41, 5.74) is 1.09. The molecule has 2 aromatic rings. The Morgan fingerprint density at radius 1 is 1.47 bits per heavy atom. The summed E-state index contributed by atoms with van der Waals surface area (Å²) in [7, 11) is 1.39. The second kappa shape index (κ2) is 4.98. The molecular weight excluding hydrogens is 234 g/mol. The van der Waals surface area contributed by atoms with Gasteiger partial charge in [-0.3, -0.25) is 4.79 Å². The lowest BCUT2D eigenvalue weighted by Gasteiger charge is -2.00. The maximum atomic E-state index is 11.0. The number of hydrogen-bond acceptors (Lipinski definition) is 4. The maximum Gasteiger partial charge on any atom is 0.305 e. The van der Waals surface area contributed by atoms with E-state index in [1.54, 1.807) is 0 Å². The van der Waals surface area contributed by atoms with Gasteiger partial charge in [0, 0.05) is 11.1 Å². The van der Waals surface area contributed by atoms with Gasteiger partial charge in [-0.05, 0) is 29.5 Å². The van der Waals surface area contributed by atoms with Gasteiger partial charge in [0.2, 0.25) is 0 Å². The molecule has 86 valence electrons. The van der Waals surface area contributed by atoms with Crippen molar-refractivity contribution in [1.29, 1.82) is 5.26 Å². The highest BCUT2D eigenvalue weighted by atomic mass is 32.1. The number of thiophene rings is 1. The number of rotatable bonds is 3. The van der Waals surface area contributed by atoms with Crippen molar-refractivity contribution in [3.63, 3.8) is 0 Å². The van der Waals surface area contributed by atoms with E-state index in [1.807, 2.05) is 24.3 Å².